The molecule has 1 unspecified atom stereocenters. The van der Waals surface area contributed by atoms with E-state index in [1.165, 1.54) is 0 Å². The van der Waals surface area contributed by atoms with Gasteiger partial charge in [0.25, 0.3) is 0 Å². The molecular weight excluding hydrogens is 328 g/mol. The van der Waals surface area contributed by atoms with E-state index in [9.17, 15) is 15.2 Å². The Kier molecular flexibility index (Phi) is 3.37. The van der Waals surface area contributed by atoms with Gasteiger partial charge in [0, 0.05) is 6.07 Å². The molecule has 3 heterocycles. The van der Waals surface area contributed by atoms with Crippen LogP contribution in [0.5, 0.6) is 17.2 Å². The van der Waals surface area contributed by atoms with Crippen LogP contribution in [0.15, 0.2) is 44.9 Å². The minimum Gasteiger partial charge on any atom is -0.458 e. The summed E-state index contributed by atoms with van der Waals surface area (Å²) in [6, 6.07) is 8.24. The second-order valence-corrected chi connectivity index (χ2v) is 5.47. The highest BCUT2D eigenvalue weighted by Crippen LogP contribution is 2.43. The first-order valence-corrected chi connectivity index (χ1v) is 7.37. The molecule has 0 amide bonds. The van der Waals surface area contributed by atoms with Crippen LogP contribution >= 0.6 is 0 Å². The van der Waals surface area contributed by atoms with Crippen molar-refractivity contribution in [1.82, 2.24) is 0 Å². The van der Waals surface area contributed by atoms with Crippen LogP contribution in [0.1, 0.15) is 23.0 Å². The third-order valence-electron chi connectivity index (χ3n) is 4.02. The first kappa shape index (κ1) is 15.1. The molecule has 4 rings (SSSR count). The van der Waals surface area contributed by atoms with Crippen molar-refractivity contribution in [2.24, 2.45) is 5.73 Å². The Morgan fingerprint density at radius 3 is 2.84 bits per heavy atom. The topological polar surface area (TPSA) is 128 Å². The average molecular weight is 340 g/mol. The van der Waals surface area contributed by atoms with Gasteiger partial charge in [-0.1, -0.05) is 6.07 Å². The molecule has 0 spiro atoms. The van der Waals surface area contributed by atoms with E-state index in [2.05, 4.69) is 0 Å². The largest absolute Gasteiger partial charge is 0.458 e. The van der Waals surface area contributed by atoms with Crippen LogP contribution in [0.4, 0.5) is 0 Å². The molecule has 0 fully saturated rings. The van der Waals surface area contributed by atoms with Crippen LogP contribution in [-0.2, 0) is 6.61 Å². The number of aliphatic hydroxyl groups excluding tert-OH is 1. The van der Waals surface area contributed by atoms with Gasteiger partial charge in [-0.05, 0) is 17.7 Å². The summed E-state index contributed by atoms with van der Waals surface area (Å²) in [5.41, 5.74) is 6.06. The van der Waals surface area contributed by atoms with Crippen LogP contribution in [0.3, 0.4) is 0 Å². The third kappa shape index (κ3) is 2.29. The van der Waals surface area contributed by atoms with E-state index in [-0.39, 0.29) is 35.5 Å². The van der Waals surface area contributed by atoms with Gasteiger partial charge in [0.2, 0.25) is 23.9 Å². The molecule has 8 heteroatoms. The van der Waals surface area contributed by atoms with E-state index < -0.39 is 18.0 Å². The van der Waals surface area contributed by atoms with Crippen LogP contribution < -0.4 is 25.4 Å². The lowest BCUT2D eigenvalue weighted by Crippen LogP contribution is -2.25. The molecule has 0 bridgehead atoms. The van der Waals surface area contributed by atoms with Gasteiger partial charge in [0.15, 0.2) is 17.3 Å². The van der Waals surface area contributed by atoms with E-state index in [1.807, 2.05) is 6.07 Å². The van der Waals surface area contributed by atoms with Crippen LogP contribution in [0.25, 0.3) is 0 Å². The van der Waals surface area contributed by atoms with Crippen molar-refractivity contribution < 1.29 is 23.7 Å². The highest BCUT2D eigenvalue weighted by molar-refractivity contribution is 5.55. The maximum absolute atomic E-state index is 12.2. The highest BCUT2D eigenvalue weighted by atomic mass is 16.7. The smallest absolute Gasteiger partial charge is 0.231 e. The number of nitrogens with zero attached hydrogens (tertiary/aromatic N) is 1. The number of nitriles is 1. The van der Waals surface area contributed by atoms with Gasteiger partial charge < -0.3 is 29.5 Å². The fourth-order valence-corrected chi connectivity index (χ4v) is 2.89. The van der Waals surface area contributed by atoms with Gasteiger partial charge in [-0.2, -0.15) is 5.26 Å². The van der Waals surface area contributed by atoms with Gasteiger partial charge in [-0.25, -0.2) is 0 Å². The van der Waals surface area contributed by atoms with E-state index in [0.29, 0.717) is 17.1 Å². The molecule has 2 aliphatic heterocycles. The number of benzene rings is 1. The third-order valence-corrected chi connectivity index (χ3v) is 4.02. The Balaban J connectivity index is 1.95. The molecule has 25 heavy (non-hydrogen) atoms. The molecule has 8 nitrogen and oxygen atoms in total. The van der Waals surface area contributed by atoms with Crippen molar-refractivity contribution in [2.75, 3.05) is 6.79 Å². The zero-order valence-electron chi connectivity index (χ0n) is 12.8. The normalized spacial score (nSPS) is 17.7. The van der Waals surface area contributed by atoms with Gasteiger partial charge in [0.05, 0.1) is 5.92 Å². The lowest BCUT2D eigenvalue weighted by molar-refractivity contribution is 0.174. The Morgan fingerprint density at radius 1 is 1.28 bits per heavy atom. The standard InChI is InChI=1S/C17H12N2O6/c18-5-10-14(8-1-2-12-13(3-8)23-7-22-12)16-15(25-17(10)19)11(21)4-9(6-20)24-16/h1-4,14,20H,6-7,19H2. The monoisotopic (exact) mass is 340 g/mol. The molecule has 1 aromatic carbocycles. The Morgan fingerprint density at radius 2 is 2.08 bits per heavy atom. The average Bonchev–Trinajstić information content (AvgIpc) is 3.08. The number of fused-ring (bicyclic) bond motifs is 2. The number of rotatable bonds is 2. The van der Waals surface area contributed by atoms with Crippen molar-refractivity contribution in [2.45, 2.75) is 12.5 Å². The summed E-state index contributed by atoms with van der Waals surface area (Å²) in [6.45, 7) is -0.354. The predicted octanol–water partition coefficient (Wildman–Crippen LogP) is 1.08. The highest BCUT2D eigenvalue weighted by Gasteiger charge is 2.35. The molecule has 1 aromatic heterocycles. The minimum absolute atomic E-state index is 0.0656. The van der Waals surface area contributed by atoms with E-state index in [4.69, 9.17) is 24.4 Å². The van der Waals surface area contributed by atoms with Crippen LogP contribution in [0.2, 0.25) is 0 Å². The fraction of sp³-hybridized carbons (Fsp3) is 0.176. The number of hydrogen-bond donors (Lipinski definition) is 2. The lowest BCUT2D eigenvalue weighted by atomic mass is 9.87. The van der Waals surface area contributed by atoms with Crippen LogP contribution in [0, 0.1) is 11.3 Å². The molecular formula is C17H12N2O6. The summed E-state index contributed by atoms with van der Waals surface area (Å²) in [7, 11) is 0. The Hall–Kier alpha value is -3.44. The molecule has 0 saturated heterocycles. The van der Waals surface area contributed by atoms with E-state index in [1.54, 1.807) is 18.2 Å². The van der Waals surface area contributed by atoms with Gasteiger partial charge >= 0.3 is 0 Å². The quantitative estimate of drug-likeness (QED) is 0.831. The second kappa shape index (κ2) is 5.58. The van der Waals surface area contributed by atoms with Crippen molar-refractivity contribution >= 4 is 0 Å². The molecule has 0 aliphatic carbocycles. The van der Waals surface area contributed by atoms with Crippen molar-refractivity contribution in [1.29, 1.82) is 5.26 Å². The SMILES string of the molecule is N#CC1=C(N)Oc2c(oc(CO)cc2=O)C1c1ccc2c(c1)OCO2. The Bertz CT molecular complexity index is 1000. The predicted molar refractivity (Wildman–Crippen MR) is 82.8 cm³/mol. The minimum atomic E-state index is -0.762. The van der Waals surface area contributed by atoms with Crippen molar-refractivity contribution in [3.8, 4) is 23.3 Å². The number of aliphatic hydroxyl groups is 1. The summed E-state index contributed by atoms with van der Waals surface area (Å²) >= 11 is 0. The number of ether oxygens (including phenoxy) is 3. The van der Waals surface area contributed by atoms with Gasteiger partial charge in [-0.3, -0.25) is 4.79 Å². The molecule has 2 aromatic rings. The maximum Gasteiger partial charge on any atom is 0.231 e. The zero-order valence-corrected chi connectivity index (χ0v) is 12.8. The Labute approximate surface area is 141 Å². The molecule has 126 valence electrons. The maximum atomic E-state index is 12.2. The second-order valence-electron chi connectivity index (χ2n) is 5.47. The molecule has 1 atom stereocenters. The van der Waals surface area contributed by atoms with Gasteiger partial charge in [-0.15, -0.1) is 0 Å². The lowest BCUT2D eigenvalue weighted by Gasteiger charge is -2.24. The summed E-state index contributed by atoms with van der Waals surface area (Å²) < 4.78 is 21.6. The van der Waals surface area contributed by atoms with E-state index >= 15 is 0 Å². The van der Waals surface area contributed by atoms with Crippen LogP contribution in [-0.4, -0.2) is 11.9 Å². The van der Waals surface area contributed by atoms with E-state index in [0.717, 1.165) is 6.07 Å². The number of nitrogens with two attached hydrogens (primary N) is 1. The van der Waals surface area contributed by atoms with Crippen molar-refractivity contribution in [3.63, 3.8) is 0 Å². The summed E-state index contributed by atoms with van der Waals surface area (Å²) in [4.78, 5) is 12.2. The summed E-state index contributed by atoms with van der Waals surface area (Å²) in [5, 5.41) is 18.8. The number of allylic oxidation sites excluding steroid dienone is 1. The molecule has 3 N–H and O–H groups in total. The number of hydrogen-bond acceptors (Lipinski definition) is 8. The summed E-state index contributed by atoms with van der Waals surface area (Å²) in [6.07, 6.45) is 0. The zero-order chi connectivity index (χ0) is 17.6. The molecule has 2 aliphatic rings. The summed E-state index contributed by atoms with van der Waals surface area (Å²) in [5.74, 6) is 0.247. The first-order chi connectivity index (χ1) is 12.1. The van der Waals surface area contributed by atoms with Crippen molar-refractivity contribution in [3.05, 3.63) is 63.0 Å². The fourth-order valence-electron chi connectivity index (χ4n) is 2.89. The first-order valence-electron chi connectivity index (χ1n) is 7.37. The van der Waals surface area contributed by atoms with Gasteiger partial charge in [0.1, 0.15) is 24.0 Å². The molecule has 0 radical (unpaired) electrons. The molecule has 0 saturated carbocycles.